The molecule has 0 spiro atoms. The van der Waals surface area contributed by atoms with Gasteiger partial charge in [-0.05, 0) is 45.1 Å². The molecule has 17 heavy (non-hydrogen) atoms. The zero-order valence-corrected chi connectivity index (χ0v) is 11.8. The van der Waals surface area contributed by atoms with Gasteiger partial charge in [-0.2, -0.15) is 11.8 Å². The number of ether oxygens (including phenoxy) is 1. The van der Waals surface area contributed by atoms with E-state index < -0.39 is 5.60 Å². The molecule has 4 nitrogen and oxygen atoms in total. The SMILES string of the molecule is CC(C)(C)OC(=O)N(CCO)C1CCSCC1. The Morgan fingerprint density at radius 1 is 1.41 bits per heavy atom. The van der Waals surface area contributed by atoms with Crippen LogP contribution < -0.4 is 0 Å². The van der Waals surface area contributed by atoms with Gasteiger partial charge in [0, 0.05) is 12.6 Å². The van der Waals surface area contributed by atoms with Gasteiger partial charge in [-0.3, -0.25) is 0 Å². The van der Waals surface area contributed by atoms with Crippen LogP contribution in [-0.4, -0.2) is 52.4 Å². The average molecular weight is 261 g/mol. The molecule has 1 fully saturated rings. The van der Waals surface area contributed by atoms with Gasteiger partial charge in [-0.25, -0.2) is 4.79 Å². The molecule has 0 saturated carbocycles. The summed E-state index contributed by atoms with van der Waals surface area (Å²) in [4.78, 5) is 13.7. The minimum Gasteiger partial charge on any atom is -0.444 e. The van der Waals surface area contributed by atoms with Crippen molar-refractivity contribution in [2.45, 2.75) is 45.3 Å². The molecule has 0 radical (unpaired) electrons. The second kappa shape index (κ2) is 6.50. The molecule has 0 atom stereocenters. The fraction of sp³-hybridized carbons (Fsp3) is 0.917. The van der Waals surface area contributed by atoms with Gasteiger partial charge in [0.05, 0.1) is 6.61 Å². The van der Waals surface area contributed by atoms with Gasteiger partial charge in [0.2, 0.25) is 0 Å². The summed E-state index contributed by atoms with van der Waals surface area (Å²) in [7, 11) is 0. The molecule has 5 heteroatoms. The summed E-state index contributed by atoms with van der Waals surface area (Å²) < 4.78 is 5.37. The Balaban J connectivity index is 2.60. The third-order valence-corrected chi connectivity index (χ3v) is 3.65. The maximum absolute atomic E-state index is 12.0. The summed E-state index contributed by atoms with van der Waals surface area (Å²) in [6.45, 7) is 5.93. The Morgan fingerprint density at radius 3 is 2.47 bits per heavy atom. The number of aliphatic hydroxyl groups is 1. The molecule has 0 aromatic rings. The second-order valence-corrected chi connectivity index (χ2v) is 6.47. The molecular formula is C12H23NO3S. The van der Waals surface area contributed by atoms with E-state index in [4.69, 9.17) is 9.84 Å². The maximum atomic E-state index is 12.0. The molecule has 0 aromatic heterocycles. The summed E-state index contributed by atoms with van der Waals surface area (Å²) in [5, 5.41) is 9.06. The Bertz CT molecular complexity index is 247. The summed E-state index contributed by atoms with van der Waals surface area (Å²) >= 11 is 1.92. The van der Waals surface area contributed by atoms with E-state index in [1.54, 1.807) is 4.90 Å². The van der Waals surface area contributed by atoms with Crippen LogP contribution in [0.4, 0.5) is 4.79 Å². The first-order valence-electron chi connectivity index (χ1n) is 6.12. The molecule has 100 valence electrons. The first-order valence-corrected chi connectivity index (χ1v) is 7.28. The third-order valence-electron chi connectivity index (χ3n) is 2.60. The van der Waals surface area contributed by atoms with E-state index in [-0.39, 0.29) is 18.7 Å². The molecule has 1 N–H and O–H groups in total. The molecule has 1 aliphatic heterocycles. The van der Waals surface area contributed by atoms with Gasteiger partial charge in [-0.1, -0.05) is 0 Å². The molecule has 1 amide bonds. The van der Waals surface area contributed by atoms with Crippen LogP contribution in [0.15, 0.2) is 0 Å². The maximum Gasteiger partial charge on any atom is 0.410 e. The van der Waals surface area contributed by atoms with Crippen LogP contribution in [0.2, 0.25) is 0 Å². The van der Waals surface area contributed by atoms with Crippen molar-refractivity contribution in [1.82, 2.24) is 4.90 Å². The summed E-state index contributed by atoms with van der Waals surface area (Å²) in [6, 6.07) is 0.221. The van der Waals surface area contributed by atoms with Gasteiger partial charge in [0.25, 0.3) is 0 Å². The monoisotopic (exact) mass is 261 g/mol. The van der Waals surface area contributed by atoms with Crippen molar-refractivity contribution in [1.29, 1.82) is 0 Å². The van der Waals surface area contributed by atoms with E-state index in [1.807, 2.05) is 32.5 Å². The van der Waals surface area contributed by atoms with E-state index in [9.17, 15) is 4.79 Å². The molecule has 0 unspecified atom stereocenters. The molecule has 1 aliphatic rings. The van der Waals surface area contributed by atoms with Crippen LogP contribution in [0.3, 0.4) is 0 Å². The van der Waals surface area contributed by atoms with Gasteiger partial charge in [0.1, 0.15) is 5.60 Å². The predicted octanol–water partition coefficient (Wildman–Crippen LogP) is 2.11. The van der Waals surface area contributed by atoms with Crippen molar-refractivity contribution < 1.29 is 14.6 Å². The topological polar surface area (TPSA) is 49.8 Å². The lowest BCUT2D eigenvalue weighted by molar-refractivity contribution is 0.0114. The van der Waals surface area contributed by atoms with Crippen molar-refractivity contribution in [3.63, 3.8) is 0 Å². The number of hydrogen-bond donors (Lipinski definition) is 1. The van der Waals surface area contributed by atoms with Crippen LogP contribution in [-0.2, 0) is 4.74 Å². The lowest BCUT2D eigenvalue weighted by atomic mass is 10.1. The van der Waals surface area contributed by atoms with Gasteiger partial charge in [0.15, 0.2) is 0 Å². The smallest absolute Gasteiger partial charge is 0.410 e. The van der Waals surface area contributed by atoms with Gasteiger partial charge in [-0.15, -0.1) is 0 Å². The van der Waals surface area contributed by atoms with Crippen LogP contribution in [0, 0.1) is 0 Å². The number of hydrogen-bond acceptors (Lipinski definition) is 4. The summed E-state index contributed by atoms with van der Waals surface area (Å²) in [5.41, 5.74) is -0.478. The highest BCUT2D eigenvalue weighted by Gasteiger charge is 2.28. The number of nitrogens with zero attached hydrogens (tertiary/aromatic N) is 1. The first kappa shape index (κ1) is 14.6. The van der Waals surface area contributed by atoms with E-state index in [0.717, 1.165) is 24.3 Å². The lowest BCUT2D eigenvalue weighted by Gasteiger charge is -2.35. The first-order chi connectivity index (χ1) is 7.94. The quantitative estimate of drug-likeness (QED) is 0.845. The van der Waals surface area contributed by atoms with Crippen LogP contribution in [0.5, 0.6) is 0 Å². The highest BCUT2D eigenvalue weighted by Crippen LogP contribution is 2.23. The third kappa shape index (κ3) is 5.17. The van der Waals surface area contributed by atoms with Crippen molar-refractivity contribution in [3.8, 4) is 0 Å². The normalized spacial score (nSPS) is 17.9. The van der Waals surface area contributed by atoms with Crippen molar-refractivity contribution in [3.05, 3.63) is 0 Å². The fourth-order valence-electron chi connectivity index (χ4n) is 1.85. The van der Waals surface area contributed by atoms with Gasteiger partial charge >= 0.3 is 6.09 Å². The standard InChI is InChI=1S/C12H23NO3S/c1-12(2,3)16-11(15)13(6-7-14)10-4-8-17-9-5-10/h10,14H,4-9H2,1-3H3. The molecule has 1 saturated heterocycles. The highest BCUT2D eigenvalue weighted by atomic mass is 32.2. The minimum atomic E-state index is -0.478. The van der Waals surface area contributed by atoms with Gasteiger partial charge < -0.3 is 14.7 Å². The van der Waals surface area contributed by atoms with Crippen LogP contribution in [0.25, 0.3) is 0 Å². The number of amides is 1. The molecule has 0 aliphatic carbocycles. The molecule has 1 heterocycles. The molecule has 0 bridgehead atoms. The van der Waals surface area contributed by atoms with Crippen LogP contribution in [0.1, 0.15) is 33.6 Å². The molecule has 0 aromatic carbocycles. The van der Waals surface area contributed by atoms with Crippen LogP contribution >= 0.6 is 11.8 Å². The minimum absolute atomic E-state index is 0.0110. The lowest BCUT2D eigenvalue weighted by Crippen LogP contribution is -2.46. The van der Waals surface area contributed by atoms with E-state index >= 15 is 0 Å². The number of carbonyl (C=O) groups excluding carboxylic acids is 1. The number of aliphatic hydroxyl groups excluding tert-OH is 1. The van der Waals surface area contributed by atoms with E-state index in [2.05, 4.69) is 0 Å². The molecular weight excluding hydrogens is 238 g/mol. The highest BCUT2D eigenvalue weighted by molar-refractivity contribution is 7.99. The average Bonchev–Trinajstić information content (AvgIpc) is 2.24. The molecule has 1 rings (SSSR count). The number of rotatable bonds is 3. The van der Waals surface area contributed by atoms with E-state index in [0.29, 0.717) is 6.54 Å². The Morgan fingerprint density at radius 2 is 2.00 bits per heavy atom. The Labute approximate surface area is 108 Å². The Kier molecular flexibility index (Phi) is 5.59. The van der Waals surface area contributed by atoms with Crippen molar-refractivity contribution in [2.24, 2.45) is 0 Å². The zero-order valence-electron chi connectivity index (χ0n) is 10.9. The zero-order chi connectivity index (χ0) is 12.9. The fourth-order valence-corrected chi connectivity index (χ4v) is 2.93. The van der Waals surface area contributed by atoms with Crippen molar-refractivity contribution in [2.75, 3.05) is 24.7 Å². The van der Waals surface area contributed by atoms with Crippen molar-refractivity contribution >= 4 is 17.9 Å². The number of carbonyl (C=O) groups is 1. The summed E-state index contributed by atoms with van der Waals surface area (Å²) in [5.74, 6) is 2.16. The van der Waals surface area contributed by atoms with E-state index in [1.165, 1.54) is 0 Å². The second-order valence-electron chi connectivity index (χ2n) is 5.24. The Hall–Kier alpha value is -0.420. The predicted molar refractivity (Wildman–Crippen MR) is 70.4 cm³/mol. The summed E-state index contributed by atoms with van der Waals surface area (Å²) in [6.07, 6.45) is 1.68. The number of thioether (sulfide) groups is 1. The largest absolute Gasteiger partial charge is 0.444 e.